The van der Waals surface area contributed by atoms with Crippen molar-refractivity contribution in [1.82, 2.24) is 9.78 Å². The van der Waals surface area contributed by atoms with E-state index in [-0.39, 0.29) is 5.91 Å². The molecule has 0 aliphatic heterocycles. The molecule has 1 heterocycles. The predicted molar refractivity (Wildman–Crippen MR) is 98.6 cm³/mol. The fraction of sp³-hybridized carbons (Fsp3) is 0.200. The lowest BCUT2D eigenvalue weighted by molar-refractivity contribution is 0.102. The van der Waals surface area contributed by atoms with Crippen LogP contribution in [0.5, 0.6) is 5.75 Å². The Labute approximate surface area is 147 Å². The van der Waals surface area contributed by atoms with Gasteiger partial charge < -0.3 is 10.1 Å². The average molecular weight is 335 g/mol. The van der Waals surface area contributed by atoms with Crippen molar-refractivity contribution < 1.29 is 9.53 Å². The lowest BCUT2D eigenvalue weighted by atomic mass is 10.1. The van der Waals surface area contributed by atoms with E-state index in [1.807, 2.05) is 57.3 Å². The fourth-order valence-electron chi connectivity index (χ4n) is 2.55. The number of nitrogens with one attached hydrogen (secondary N) is 1. The van der Waals surface area contributed by atoms with Crippen LogP contribution in [0.4, 0.5) is 5.69 Å². The molecule has 1 N–H and O–H groups in total. The molecule has 3 aromatic rings. The van der Waals surface area contributed by atoms with Gasteiger partial charge in [-0.1, -0.05) is 0 Å². The molecule has 0 spiro atoms. The molecule has 3 rings (SSSR count). The zero-order valence-electron chi connectivity index (χ0n) is 14.6. The summed E-state index contributed by atoms with van der Waals surface area (Å²) in [5, 5.41) is 7.21. The van der Waals surface area contributed by atoms with Crippen molar-refractivity contribution in [1.29, 1.82) is 0 Å². The van der Waals surface area contributed by atoms with Crippen LogP contribution in [0.3, 0.4) is 0 Å². The number of carbonyl (C=O) groups is 1. The highest BCUT2D eigenvalue weighted by Crippen LogP contribution is 2.22. The number of aromatic nitrogens is 2. The fourth-order valence-corrected chi connectivity index (χ4v) is 2.55. The van der Waals surface area contributed by atoms with Gasteiger partial charge in [0.05, 0.1) is 18.5 Å². The molecule has 0 radical (unpaired) electrons. The molecule has 5 nitrogen and oxygen atoms in total. The second-order valence-electron chi connectivity index (χ2n) is 5.87. The Morgan fingerprint density at radius 3 is 2.52 bits per heavy atom. The minimum absolute atomic E-state index is 0.143. The first-order valence-corrected chi connectivity index (χ1v) is 8.23. The molecular formula is C20H21N3O2. The van der Waals surface area contributed by atoms with Gasteiger partial charge in [0.2, 0.25) is 0 Å². The van der Waals surface area contributed by atoms with Crippen molar-refractivity contribution in [3.63, 3.8) is 0 Å². The molecule has 0 fully saturated rings. The first kappa shape index (κ1) is 16.8. The second-order valence-corrected chi connectivity index (χ2v) is 5.87. The van der Waals surface area contributed by atoms with E-state index in [1.165, 1.54) is 0 Å². The third kappa shape index (κ3) is 3.88. The topological polar surface area (TPSA) is 56.1 Å². The van der Waals surface area contributed by atoms with E-state index in [9.17, 15) is 4.79 Å². The van der Waals surface area contributed by atoms with Crippen LogP contribution in [0.1, 0.15) is 28.4 Å². The highest BCUT2D eigenvalue weighted by molar-refractivity contribution is 6.04. The maximum absolute atomic E-state index is 12.5. The van der Waals surface area contributed by atoms with Crippen LogP contribution in [0, 0.1) is 13.8 Å². The van der Waals surface area contributed by atoms with E-state index < -0.39 is 0 Å². The van der Waals surface area contributed by atoms with Crippen LogP contribution in [-0.4, -0.2) is 22.3 Å². The Hall–Kier alpha value is -3.08. The third-order valence-electron chi connectivity index (χ3n) is 3.86. The second kappa shape index (κ2) is 7.21. The average Bonchev–Trinajstić information content (AvgIpc) is 3.04. The van der Waals surface area contributed by atoms with Crippen LogP contribution in [-0.2, 0) is 0 Å². The number of anilines is 1. The minimum Gasteiger partial charge on any atom is -0.494 e. The molecule has 5 heteroatoms. The van der Waals surface area contributed by atoms with Gasteiger partial charge in [0.25, 0.3) is 5.91 Å². The van der Waals surface area contributed by atoms with Gasteiger partial charge in [-0.05, 0) is 74.4 Å². The maximum Gasteiger partial charge on any atom is 0.255 e. The van der Waals surface area contributed by atoms with Gasteiger partial charge in [-0.2, -0.15) is 5.10 Å². The van der Waals surface area contributed by atoms with E-state index in [0.717, 1.165) is 28.3 Å². The van der Waals surface area contributed by atoms with E-state index in [2.05, 4.69) is 10.4 Å². The Morgan fingerprint density at radius 2 is 1.92 bits per heavy atom. The number of nitrogens with zero attached hydrogens (tertiary/aromatic N) is 2. The van der Waals surface area contributed by atoms with Crippen molar-refractivity contribution >= 4 is 11.6 Å². The molecule has 0 aliphatic rings. The standard InChI is InChI=1S/C20H21N3O2/c1-4-25-18-9-10-19(15(3)11-18)22-20(24)16-5-7-17(8-6-16)23-13-14(2)12-21-23/h5-13H,4H2,1-3H3,(H,22,24). The van der Waals surface area contributed by atoms with E-state index in [1.54, 1.807) is 23.0 Å². The summed E-state index contributed by atoms with van der Waals surface area (Å²) in [7, 11) is 0. The molecule has 25 heavy (non-hydrogen) atoms. The molecule has 128 valence electrons. The lowest BCUT2D eigenvalue weighted by Gasteiger charge is -2.11. The quantitative estimate of drug-likeness (QED) is 0.762. The van der Waals surface area contributed by atoms with Crippen molar-refractivity contribution in [2.75, 3.05) is 11.9 Å². The monoisotopic (exact) mass is 335 g/mol. The van der Waals surface area contributed by atoms with E-state index in [0.29, 0.717) is 12.2 Å². The molecule has 1 aromatic heterocycles. The summed E-state index contributed by atoms with van der Waals surface area (Å²) >= 11 is 0. The summed E-state index contributed by atoms with van der Waals surface area (Å²) in [4.78, 5) is 12.5. The Balaban J connectivity index is 1.73. The normalized spacial score (nSPS) is 10.5. The molecule has 0 atom stereocenters. The van der Waals surface area contributed by atoms with Crippen LogP contribution < -0.4 is 10.1 Å². The van der Waals surface area contributed by atoms with Crippen molar-refractivity contribution in [3.05, 3.63) is 71.5 Å². The van der Waals surface area contributed by atoms with Crippen molar-refractivity contribution in [3.8, 4) is 11.4 Å². The van der Waals surface area contributed by atoms with Gasteiger partial charge in [-0.15, -0.1) is 0 Å². The molecule has 1 amide bonds. The number of amides is 1. The van der Waals surface area contributed by atoms with E-state index >= 15 is 0 Å². The molecule has 2 aromatic carbocycles. The number of aryl methyl sites for hydroxylation is 2. The number of hydrogen-bond donors (Lipinski definition) is 1. The summed E-state index contributed by atoms with van der Waals surface area (Å²) in [5.41, 5.74) is 4.35. The largest absolute Gasteiger partial charge is 0.494 e. The molecule has 0 bridgehead atoms. The number of hydrogen-bond acceptors (Lipinski definition) is 3. The van der Waals surface area contributed by atoms with Gasteiger partial charge >= 0.3 is 0 Å². The van der Waals surface area contributed by atoms with Crippen LogP contribution in [0.25, 0.3) is 5.69 Å². The van der Waals surface area contributed by atoms with Gasteiger partial charge in [-0.25, -0.2) is 4.68 Å². The number of carbonyl (C=O) groups excluding carboxylic acids is 1. The Morgan fingerprint density at radius 1 is 1.16 bits per heavy atom. The summed E-state index contributed by atoms with van der Waals surface area (Å²) in [5.74, 6) is 0.660. The summed E-state index contributed by atoms with van der Waals surface area (Å²) < 4.78 is 7.25. The van der Waals surface area contributed by atoms with Gasteiger partial charge in [0, 0.05) is 17.4 Å². The predicted octanol–water partition coefficient (Wildman–Crippen LogP) is 4.14. The Bertz CT molecular complexity index is 882. The summed E-state index contributed by atoms with van der Waals surface area (Å²) in [6, 6.07) is 13.0. The first-order chi connectivity index (χ1) is 12.1. The highest BCUT2D eigenvalue weighted by Gasteiger charge is 2.09. The summed E-state index contributed by atoms with van der Waals surface area (Å²) in [6.45, 7) is 6.50. The van der Waals surface area contributed by atoms with Gasteiger partial charge in [-0.3, -0.25) is 4.79 Å². The molecule has 0 aliphatic carbocycles. The Kier molecular flexibility index (Phi) is 4.84. The van der Waals surface area contributed by atoms with Crippen LogP contribution in [0.15, 0.2) is 54.9 Å². The van der Waals surface area contributed by atoms with Gasteiger partial charge in [0.15, 0.2) is 0 Å². The van der Waals surface area contributed by atoms with Crippen molar-refractivity contribution in [2.24, 2.45) is 0 Å². The minimum atomic E-state index is -0.143. The molecule has 0 saturated heterocycles. The maximum atomic E-state index is 12.5. The van der Waals surface area contributed by atoms with Crippen LogP contribution >= 0.6 is 0 Å². The first-order valence-electron chi connectivity index (χ1n) is 8.23. The SMILES string of the molecule is CCOc1ccc(NC(=O)c2ccc(-n3cc(C)cn3)cc2)c(C)c1. The van der Waals surface area contributed by atoms with Crippen LogP contribution in [0.2, 0.25) is 0 Å². The van der Waals surface area contributed by atoms with Gasteiger partial charge in [0.1, 0.15) is 5.75 Å². The zero-order chi connectivity index (χ0) is 17.8. The van der Waals surface area contributed by atoms with Crippen molar-refractivity contribution in [2.45, 2.75) is 20.8 Å². The van der Waals surface area contributed by atoms with E-state index in [4.69, 9.17) is 4.74 Å². The number of ether oxygens (including phenoxy) is 1. The number of rotatable bonds is 5. The molecule has 0 saturated carbocycles. The smallest absolute Gasteiger partial charge is 0.255 e. The zero-order valence-corrected chi connectivity index (χ0v) is 14.6. The number of benzene rings is 2. The highest BCUT2D eigenvalue weighted by atomic mass is 16.5. The molecular weight excluding hydrogens is 314 g/mol. The summed E-state index contributed by atoms with van der Waals surface area (Å²) in [6.07, 6.45) is 3.74. The third-order valence-corrected chi connectivity index (χ3v) is 3.86. The lowest BCUT2D eigenvalue weighted by Crippen LogP contribution is -2.13. The molecule has 0 unspecified atom stereocenters.